The molecule has 3 unspecified atom stereocenters. The lowest BCUT2D eigenvalue weighted by Gasteiger charge is -2.29. The fraction of sp³-hybridized carbons (Fsp3) is 0.867. The van der Waals surface area contributed by atoms with Crippen LogP contribution in [0.2, 0.25) is 0 Å². The lowest BCUT2D eigenvalue weighted by Crippen LogP contribution is -2.43. The molecule has 1 aliphatic carbocycles. The first kappa shape index (κ1) is 14.5. The number of hydrogen-bond donors (Lipinski definition) is 1. The fourth-order valence-electron chi connectivity index (χ4n) is 3.34. The summed E-state index contributed by atoms with van der Waals surface area (Å²) < 4.78 is 0. The molecule has 3 atom stereocenters. The first-order chi connectivity index (χ1) is 9.00. The van der Waals surface area contributed by atoms with E-state index < -0.39 is 0 Å². The molecule has 0 radical (unpaired) electrons. The van der Waals surface area contributed by atoms with Crippen LogP contribution in [0.3, 0.4) is 0 Å². The Bertz CT molecular complexity index is 354. The van der Waals surface area contributed by atoms with Gasteiger partial charge in [-0.15, -0.1) is 0 Å². The third-order valence-corrected chi connectivity index (χ3v) is 4.61. The molecule has 1 heterocycles. The van der Waals surface area contributed by atoms with Crippen LogP contribution in [0.5, 0.6) is 0 Å². The fourth-order valence-corrected chi connectivity index (χ4v) is 3.34. The predicted molar refractivity (Wildman–Crippen MR) is 74.5 cm³/mol. The van der Waals surface area contributed by atoms with Gasteiger partial charge in [-0.3, -0.25) is 14.5 Å². The molecule has 1 N–H and O–H groups in total. The average Bonchev–Trinajstić information content (AvgIpc) is 2.63. The molecule has 2 fully saturated rings. The van der Waals surface area contributed by atoms with E-state index in [4.69, 9.17) is 0 Å². The second-order valence-electron chi connectivity index (χ2n) is 6.38. The molecule has 108 valence electrons. The van der Waals surface area contributed by atoms with Gasteiger partial charge in [-0.25, -0.2) is 0 Å². The molecule has 2 aliphatic rings. The summed E-state index contributed by atoms with van der Waals surface area (Å²) in [5.41, 5.74) is 0. The third kappa shape index (κ3) is 3.16. The summed E-state index contributed by atoms with van der Waals surface area (Å²) in [6.45, 7) is 6.95. The van der Waals surface area contributed by atoms with Gasteiger partial charge >= 0.3 is 0 Å². The molecular formula is C15H26N2O2. The smallest absolute Gasteiger partial charge is 0.247 e. The second kappa shape index (κ2) is 6.04. The van der Waals surface area contributed by atoms with Crippen molar-refractivity contribution >= 4 is 11.8 Å². The molecule has 0 aromatic heterocycles. The van der Waals surface area contributed by atoms with Crippen molar-refractivity contribution in [2.75, 3.05) is 6.54 Å². The van der Waals surface area contributed by atoms with Crippen LogP contribution in [0.1, 0.15) is 52.9 Å². The van der Waals surface area contributed by atoms with Crippen LogP contribution >= 0.6 is 0 Å². The molecule has 1 saturated carbocycles. The topological polar surface area (TPSA) is 49.4 Å². The third-order valence-electron chi connectivity index (χ3n) is 4.61. The zero-order chi connectivity index (χ0) is 14.0. The van der Waals surface area contributed by atoms with Gasteiger partial charge in [-0.05, 0) is 38.6 Å². The van der Waals surface area contributed by atoms with E-state index in [0.29, 0.717) is 12.3 Å². The van der Waals surface area contributed by atoms with Crippen molar-refractivity contribution in [1.82, 2.24) is 10.2 Å². The highest BCUT2D eigenvalue weighted by Crippen LogP contribution is 2.29. The van der Waals surface area contributed by atoms with Crippen LogP contribution in [0, 0.1) is 11.8 Å². The number of carbonyl (C=O) groups is 2. The SMILES string of the molecule is CC1CCCCC1CNC1CC(=O)N(C(C)C)C1=O. The van der Waals surface area contributed by atoms with Gasteiger partial charge in [0.25, 0.3) is 0 Å². The number of hydrogen-bond acceptors (Lipinski definition) is 3. The number of nitrogens with zero attached hydrogens (tertiary/aromatic N) is 1. The van der Waals surface area contributed by atoms with E-state index in [0.717, 1.165) is 12.5 Å². The molecule has 0 spiro atoms. The Kier molecular flexibility index (Phi) is 4.61. The molecule has 4 nitrogen and oxygen atoms in total. The van der Waals surface area contributed by atoms with Crippen molar-refractivity contribution in [3.05, 3.63) is 0 Å². The normalized spacial score (nSPS) is 32.4. The molecule has 4 heteroatoms. The van der Waals surface area contributed by atoms with Crippen molar-refractivity contribution in [3.8, 4) is 0 Å². The van der Waals surface area contributed by atoms with Crippen LogP contribution in [-0.4, -0.2) is 35.3 Å². The average molecular weight is 266 g/mol. The molecule has 0 aromatic rings. The van der Waals surface area contributed by atoms with Gasteiger partial charge in [0.05, 0.1) is 12.5 Å². The highest BCUT2D eigenvalue weighted by Gasteiger charge is 2.39. The largest absolute Gasteiger partial charge is 0.305 e. The Morgan fingerprint density at radius 2 is 1.95 bits per heavy atom. The van der Waals surface area contributed by atoms with Gasteiger partial charge in [0, 0.05) is 6.04 Å². The van der Waals surface area contributed by atoms with E-state index in [1.165, 1.54) is 30.6 Å². The molecule has 1 aliphatic heterocycles. The van der Waals surface area contributed by atoms with Crippen molar-refractivity contribution in [3.63, 3.8) is 0 Å². The summed E-state index contributed by atoms with van der Waals surface area (Å²) in [7, 11) is 0. The maximum atomic E-state index is 12.2. The molecule has 0 bridgehead atoms. The highest BCUT2D eigenvalue weighted by molar-refractivity contribution is 6.05. The monoisotopic (exact) mass is 266 g/mol. The molecule has 0 aromatic carbocycles. The number of nitrogens with one attached hydrogen (secondary N) is 1. The highest BCUT2D eigenvalue weighted by atomic mass is 16.2. The van der Waals surface area contributed by atoms with E-state index in [9.17, 15) is 9.59 Å². The Hall–Kier alpha value is -0.900. The lowest BCUT2D eigenvalue weighted by atomic mass is 9.80. The van der Waals surface area contributed by atoms with Crippen LogP contribution in [-0.2, 0) is 9.59 Å². The Morgan fingerprint density at radius 3 is 2.53 bits per heavy atom. The number of carbonyl (C=O) groups excluding carboxylic acids is 2. The lowest BCUT2D eigenvalue weighted by molar-refractivity contribution is -0.140. The quantitative estimate of drug-likeness (QED) is 0.791. The standard InChI is InChI=1S/C15H26N2O2/c1-10(2)17-14(18)8-13(15(17)19)16-9-12-7-5-4-6-11(12)3/h10-13,16H,4-9H2,1-3H3. The number of rotatable bonds is 4. The summed E-state index contributed by atoms with van der Waals surface area (Å²) in [4.78, 5) is 25.4. The Balaban J connectivity index is 1.87. The summed E-state index contributed by atoms with van der Waals surface area (Å²) in [5.74, 6) is 1.32. The number of amides is 2. The predicted octanol–water partition coefficient (Wildman–Crippen LogP) is 1.94. The zero-order valence-electron chi connectivity index (χ0n) is 12.3. The minimum absolute atomic E-state index is 0.0274. The number of likely N-dealkylation sites (tertiary alicyclic amines) is 1. The van der Waals surface area contributed by atoms with Gasteiger partial charge in [0.15, 0.2) is 0 Å². The molecule has 19 heavy (non-hydrogen) atoms. The van der Waals surface area contributed by atoms with E-state index >= 15 is 0 Å². The summed E-state index contributed by atoms with van der Waals surface area (Å²) in [6, 6.07) is -0.315. The van der Waals surface area contributed by atoms with E-state index in [-0.39, 0.29) is 23.9 Å². The van der Waals surface area contributed by atoms with Crippen molar-refractivity contribution in [2.45, 2.75) is 65.0 Å². The van der Waals surface area contributed by atoms with Gasteiger partial charge in [0.2, 0.25) is 11.8 Å². The van der Waals surface area contributed by atoms with Gasteiger partial charge < -0.3 is 5.32 Å². The maximum Gasteiger partial charge on any atom is 0.247 e. The van der Waals surface area contributed by atoms with Crippen molar-refractivity contribution < 1.29 is 9.59 Å². The van der Waals surface area contributed by atoms with Gasteiger partial charge in [0.1, 0.15) is 0 Å². The molecule has 2 rings (SSSR count). The van der Waals surface area contributed by atoms with Crippen molar-refractivity contribution in [1.29, 1.82) is 0 Å². The van der Waals surface area contributed by atoms with E-state index in [1.54, 1.807) is 0 Å². The van der Waals surface area contributed by atoms with Crippen LogP contribution in [0.25, 0.3) is 0 Å². The van der Waals surface area contributed by atoms with Crippen molar-refractivity contribution in [2.24, 2.45) is 11.8 Å². The summed E-state index contributed by atoms with van der Waals surface area (Å²) in [5, 5.41) is 3.33. The minimum atomic E-state index is -0.288. The Labute approximate surface area is 115 Å². The van der Waals surface area contributed by atoms with Gasteiger partial charge in [-0.2, -0.15) is 0 Å². The Morgan fingerprint density at radius 1 is 1.26 bits per heavy atom. The van der Waals surface area contributed by atoms with E-state index in [1.807, 2.05) is 13.8 Å². The van der Waals surface area contributed by atoms with Crippen LogP contribution in [0.15, 0.2) is 0 Å². The molecule has 1 saturated heterocycles. The van der Waals surface area contributed by atoms with Gasteiger partial charge in [-0.1, -0.05) is 26.2 Å². The first-order valence-electron chi connectivity index (χ1n) is 7.60. The van der Waals surface area contributed by atoms with Crippen LogP contribution in [0.4, 0.5) is 0 Å². The zero-order valence-corrected chi connectivity index (χ0v) is 12.3. The molecular weight excluding hydrogens is 240 g/mol. The maximum absolute atomic E-state index is 12.2. The minimum Gasteiger partial charge on any atom is -0.305 e. The number of imide groups is 1. The summed E-state index contributed by atoms with van der Waals surface area (Å²) >= 11 is 0. The second-order valence-corrected chi connectivity index (χ2v) is 6.38. The van der Waals surface area contributed by atoms with E-state index in [2.05, 4.69) is 12.2 Å². The molecule has 2 amide bonds. The first-order valence-corrected chi connectivity index (χ1v) is 7.60. The summed E-state index contributed by atoms with van der Waals surface area (Å²) in [6.07, 6.45) is 5.50. The van der Waals surface area contributed by atoms with Crippen LogP contribution < -0.4 is 5.32 Å².